The van der Waals surface area contributed by atoms with E-state index in [1.165, 1.54) is 10.9 Å². The van der Waals surface area contributed by atoms with Gasteiger partial charge in [0.1, 0.15) is 36.6 Å². The molecule has 1 fully saturated rings. The van der Waals surface area contributed by atoms with E-state index in [9.17, 15) is 24.5 Å². The first-order chi connectivity index (χ1) is 13.1. The number of halogens is 1. The van der Waals surface area contributed by atoms with Gasteiger partial charge in [-0.2, -0.15) is 0 Å². The summed E-state index contributed by atoms with van der Waals surface area (Å²) in [5, 5.41) is 29.0. The number of imidazole rings is 1. The highest BCUT2D eigenvalue weighted by Crippen LogP contribution is 2.42. The molecule has 5 atom stereocenters. The fraction of sp³-hybridized carbons (Fsp3) is 0.500. The third kappa shape index (κ3) is 4.41. The Balaban J connectivity index is 1.71. The van der Waals surface area contributed by atoms with Crippen LogP contribution in [0.25, 0.3) is 11.2 Å². The number of ether oxygens (including phenoxy) is 1. The van der Waals surface area contributed by atoms with E-state index in [4.69, 9.17) is 15.6 Å². The maximum atomic E-state index is 11.4. The lowest BCUT2D eigenvalue weighted by Crippen LogP contribution is -2.33. The Morgan fingerprint density at radius 1 is 1.39 bits per heavy atom. The van der Waals surface area contributed by atoms with Crippen LogP contribution >= 0.6 is 30.2 Å². The molecule has 0 radical (unpaired) electrons. The van der Waals surface area contributed by atoms with Crippen molar-refractivity contribution < 1.29 is 43.9 Å². The molecule has 154 valence electrons. The molecular formula is C12H15IN5O9P. The van der Waals surface area contributed by atoms with Gasteiger partial charge in [-0.15, -0.1) is 4.67 Å². The van der Waals surface area contributed by atoms with Gasteiger partial charge >= 0.3 is 13.6 Å². The SMILES string of the molecule is Nc1nc(I)nc2c1ncn2[C@@H]1O[C@H](COOP(=O)(O)CC(=O)O)[C@@H](O)[C@H]1O. The molecule has 1 aliphatic rings. The number of nitrogens with two attached hydrogens (primary N) is 1. The number of aliphatic carboxylic acids is 1. The second-order valence-electron chi connectivity index (χ2n) is 5.80. The zero-order valence-corrected chi connectivity index (χ0v) is 16.9. The number of nitrogens with zero attached hydrogens (tertiary/aromatic N) is 4. The molecule has 3 rings (SSSR count). The lowest BCUT2D eigenvalue weighted by Gasteiger charge is -2.16. The van der Waals surface area contributed by atoms with Gasteiger partial charge in [-0.25, -0.2) is 19.8 Å². The molecule has 0 spiro atoms. The number of aliphatic hydroxyl groups excluding tert-OH is 2. The van der Waals surface area contributed by atoms with E-state index in [1.807, 2.05) is 22.6 Å². The molecule has 0 aromatic carbocycles. The highest BCUT2D eigenvalue weighted by Gasteiger charge is 2.45. The molecule has 0 aliphatic carbocycles. The first-order valence-corrected chi connectivity index (χ1v) is 10.4. The summed E-state index contributed by atoms with van der Waals surface area (Å²) in [7, 11) is -4.52. The predicted octanol–water partition coefficient (Wildman–Crippen LogP) is -1.15. The molecular weight excluding hydrogens is 516 g/mol. The summed E-state index contributed by atoms with van der Waals surface area (Å²) in [6.07, 6.45) is -4.98. The number of carboxylic acid groups (broad SMARTS) is 1. The summed E-state index contributed by atoms with van der Waals surface area (Å²) >= 11 is 1.85. The van der Waals surface area contributed by atoms with Crippen LogP contribution < -0.4 is 5.73 Å². The van der Waals surface area contributed by atoms with Crippen molar-refractivity contribution in [2.75, 3.05) is 18.5 Å². The molecule has 0 bridgehead atoms. The molecule has 1 saturated heterocycles. The van der Waals surface area contributed by atoms with Gasteiger partial charge in [-0.1, -0.05) is 0 Å². The molecule has 14 nitrogen and oxygen atoms in total. The Kier molecular flexibility index (Phi) is 6.16. The zero-order chi connectivity index (χ0) is 20.6. The number of rotatable bonds is 7. The maximum absolute atomic E-state index is 11.4. The third-order valence-electron chi connectivity index (χ3n) is 3.77. The minimum Gasteiger partial charge on any atom is -0.481 e. The standard InChI is InChI=1S/C12H15IN5O9P/c13-12-16-9(14)6-10(17-12)18(3-15-6)11-8(22)7(21)4(26-11)1-25-27-28(23,24)2-5(19)20/h3-4,7-8,11,21-22H,1-2H2,(H,19,20)(H,23,24)(H2,14,16,17)/t4-,7-,8-,11-/m1/s1. The normalized spacial score (nSPS) is 27.1. The summed E-state index contributed by atoms with van der Waals surface area (Å²) in [4.78, 5) is 36.5. The fourth-order valence-corrected chi connectivity index (χ4v) is 3.68. The third-order valence-corrected chi connectivity index (χ3v) is 5.26. The number of nitrogen functional groups attached to an aromatic ring is 1. The van der Waals surface area contributed by atoms with Crippen molar-refractivity contribution >= 4 is 53.1 Å². The average molecular weight is 531 g/mol. The van der Waals surface area contributed by atoms with Gasteiger partial charge in [0, 0.05) is 22.6 Å². The first-order valence-electron chi connectivity index (χ1n) is 7.61. The zero-order valence-electron chi connectivity index (χ0n) is 13.8. The van der Waals surface area contributed by atoms with Gasteiger partial charge in [-0.05, 0) is 0 Å². The van der Waals surface area contributed by atoms with E-state index in [1.54, 1.807) is 0 Å². The van der Waals surface area contributed by atoms with Crippen LogP contribution in [0.15, 0.2) is 6.33 Å². The summed E-state index contributed by atoms with van der Waals surface area (Å²) in [6.45, 7) is -0.555. The first kappa shape index (κ1) is 21.3. The van der Waals surface area contributed by atoms with Crippen molar-refractivity contribution in [2.24, 2.45) is 0 Å². The van der Waals surface area contributed by atoms with Crippen LogP contribution in [0.5, 0.6) is 0 Å². The van der Waals surface area contributed by atoms with Crippen molar-refractivity contribution in [3.63, 3.8) is 0 Å². The highest BCUT2D eigenvalue weighted by atomic mass is 127. The van der Waals surface area contributed by atoms with Crippen LogP contribution in [0.4, 0.5) is 5.82 Å². The number of carbonyl (C=O) groups is 1. The minimum atomic E-state index is -4.52. The van der Waals surface area contributed by atoms with Gasteiger partial charge in [0.15, 0.2) is 21.5 Å². The molecule has 16 heteroatoms. The maximum Gasteiger partial charge on any atom is 0.366 e. The van der Waals surface area contributed by atoms with Crippen molar-refractivity contribution in [1.29, 1.82) is 0 Å². The molecule has 1 unspecified atom stereocenters. The van der Waals surface area contributed by atoms with Gasteiger partial charge in [0.25, 0.3) is 0 Å². The van der Waals surface area contributed by atoms with E-state index >= 15 is 0 Å². The Morgan fingerprint density at radius 2 is 2.11 bits per heavy atom. The minimum absolute atomic E-state index is 0.131. The number of aromatic nitrogens is 4. The van der Waals surface area contributed by atoms with E-state index in [0.29, 0.717) is 3.83 Å². The van der Waals surface area contributed by atoms with Gasteiger partial charge in [0.05, 0.1) is 6.33 Å². The molecule has 0 amide bonds. The van der Waals surface area contributed by atoms with Crippen molar-refractivity contribution in [3.8, 4) is 0 Å². The lowest BCUT2D eigenvalue weighted by molar-refractivity contribution is -0.238. The number of anilines is 1. The molecule has 0 saturated carbocycles. The van der Waals surface area contributed by atoms with Gasteiger partial charge in [0.2, 0.25) is 0 Å². The van der Waals surface area contributed by atoms with Gasteiger partial charge in [-0.3, -0.25) is 13.9 Å². The van der Waals surface area contributed by atoms with Crippen LogP contribution in [0.2, 0.25) is 0 Å². The molecule has 3 heterocycles. The number of fused-ring (bicyclic) bond motifs is 1. The average Bonchev–Trinajstić information content (AvgIpc) is 3.10. The van der Waals surface area contributed by atoms with E-state index in [-0.39, 0.29) is 17.0 Å². The Labute approximate surface area is 169 Å². The Bertz CT molecular complexity index is 942. The van der Waals surface area contributed by atoms with Gasteiger partial charge < -0.3 is 30.7 Å². The van der Waals surface area contributed by atoms with Crippen LogP contribution in [0.3, 0.4) is 0 Å². The molecule has 2 aromatic rings. The number of hydrogen-bond acceptors (Lipinski definition) is 11. The molecule has 6 N–H and O–H groups in total. The number of hydrogen-bond donors (Lipinski definition) is 5. The Hall–Kier alpha value is -1.46. The topological polar surface area (TPSA) is 212 Å². The van der Waals surface area contributed by atoms with E-state index < -0.39 is 50.9 Å². The summed E-state index contributed by atoms with van der Waals surface area (Å²) in [6, 6.07) is 0. The predicted molar refractivity (Wildman–Crippen MR) is 97.7 cm³/mol. The molecule has 2 aromatic heterocycles. The summed E-state index contributed by atoms with van der Waals surface area (Å²) < 4.78 is 22.9. The summed E-state index contributed by atoms with van der Waals surface area (Å²) in [5.41, 5.74) is 6.34. The van der Waals surface area contributed by atoms with Crippen molar-refractivity contribution in [1.82, 2.24) is 19.5 Å². The van der Waals surface area contributed by atoms with Crippen LogP contribution in [-0.4, -0.2) is 76.8 Å². The second-order valence-corrected chi connectivity index (χ2v) is 8.50. The largest absolute Gasteiger partial charge is 0.481 e. The number of aliphatic hydroxyl groups is 2. The second kappa shape index (κ2) is 8.11. The fourth-order valence-electron chi connectivity index (χ4n) is 2.57. The quantitative estimate of drug-likeness (QED) is 0.0940. The highest BCUT2D eigenvalue weighted by molar-refractivity contribution is 14.1. The molecule has 28 heavy (non-hydrogen) atoms. The smallest absolute Gasteiger partial charge is 0.366 e. The van der Waals surface area contributed by atoms with Crippen molar-refractivity contribution in [2.45, 2.75) is 24.5 Å². The van der Waals surface area contributed by atoms with Crippen LogP contribution in [0.1, 0.15) is 6.23 Å². The van der Waals surface area contributed by atoms with Crippen LogP contribution in [0, 0.1) is 3.83 Å². The number of carboxylic acids is 1. The molecule has 1 aliphatic heterocycles. The van der Waals surface area contributed by atoms with Crippen molar-refractivity contribution in [3.05, 3.63) is 10.2 Å². The van der Waals surface area contributed by atoms with Crippen LogP contribution in [-0.2, 0) is 23.7 Å². The Morgan fingerprint density at radius 3 is 2.79 bits per heavy atom. The van der Waals surface area contributed by atoms with E-state index in [2.05, 4.69) is 24.5 Å². The monoisotopic (exact) mass is 531 g/mol. The summed E-state index contributed by atoms with van der Waals surface area (Å²) in [5.74, 6) is -1.42. The lowest BCUT2D eigenvalue weighted by atomic mass is 10.1. The van der Waals surface area contributed by atoms with E-state index in [0.717, 1.165) is 0 Å².